The Bertz CT molecular complexity index is 603. The molecule has 2 aromatic rings. The highest BCUT2D eigenvalue weighted by Crippen LogP contribution is 2.17. The lowest BCUT2D eigenvalue weighted by Crippen LogP contribution is -2.07. The van der Waals surface area contributed by atoms with Gasteiger partial charge in [-0.1, -0.05) is 24.7 Å². The third-order valence-corrected chi connectivity index (χ3v) is 4.17. The monoisotopic (exact) mass is 308 g/mol. The quantitative estimate of drug-likeness (QED) is 0.831. The number of anilines is 1. The van der Waals surface area contributed by atoms with E-state index >= 15 is 0 Å². The zero-order valence-electron chi connectivity index (χ0n) is 11.4. The summed E-state index contributed by atoms with van der Waals surface area (Å²) >= 11 is 2.98. The summed E-state index contributed by atoms with van der Waals surface area (Å²) in [5, 5.41) is 15.1. The summed E-state index contributed by atoms with van der Waals surface area (Å²) in [6.07, 6.45) is 6.28. The molecule has 2 heterocycles. The third-order valence-electron chi connectivity index (χ3n) is 2.48. The standard InChI is InChI=1S/C13H16N4OS2/c1-3-4-5-12-16-17-13(20-12)15-11(18)7-6-10-8-19-9(2)14-10/h6-8H,3-5H2,1-2H3,(H,15,17,18)/b7-6+. The van der Waals surface area contributed by atoms with Gasteiger partial charge < -0.3 is 0 Å². The van der Waals surface area contributed by atoms with Crippen LogP contribution in [0, 0.1) is 6.92 Å². The number of carbonyl (C=O) groups excluding carboxylic acids is 1. The van der Waals surface area contributed by atoms with Crippen LogP contribution in [0.5, 0.6) is 0 Å². The van der Waals surface area contributed by atoms with Gasteiger partial charge in [0.2, 0.25) is 11.0 Å². The number of rotatable bonds is 6. The Balaban J connectivity index is 1.87. The van der Waals surface area contributed by atoms with Crippen LogP contribution in [0.25, 0.3) is 6.08 Å². The fraction of sp³-hybridized carbons (Fsp3) is 0.385. The minimum absolute atomic E-state index is 0.214. The number of hydrogen-bond acceptors (Lipinski definition) is 6. The molecule has 0 aromatic carbocycles. The topological polar surface area (TPSA) is 67.8 Å². The Kier molecular flexibility index (Phi) is 5.37. The lowest BCUT2D eigenvalue weighted by Gasteiger charge is -1.93. The first-order valence-corrected chi connectivity index (χ1v) is 8.10. The minimum atomic E-state index is -0.214. The van der Waals surface area contributed by atoms with E-state index < -0.39 is 0 Å². The van der Waals surface area contributed by atoms with Crippen molar-refractivity contribution in [3.8, 4) is 0 Å². The van der Waals surface area contributed by atoms with E-state index in [0.717, 1.165) is 35.0 Å². The van der Waals surface area contributed by atoms with Crippen molar-refractivity contribution in [3.63, 3.8) is 0 Å². The highest BCUT2D eigenvalue weighted by Gasteiger charge is 2.06. The van der Waals surface area contributed by atoms with E-state index in [-0.39, 0.29) is 5.91 Å². The van der Waals surface area contributed by atoms with Gasteiger partial charge in [-0.15, -0.1) is 21.5 Å². The van der Waals surface area contributed by atoms with Gasteiger partial charge in [0.25, 0.3) is 0 Å². The van der Waals surface area contributed by atoms with Gasteiger partial charge in [-0.3, -0.25) is 10.1 Å². The number of hydrogen-bond donors (Lipinski definition) is 1. The highest BCUT2D eigenvalue weighted by atomic mass is 32.1. The maximum Gasteiger partial charge on any atom is 0.250 e. The summed E-state index contributed by atoms with van der Waals surface area (Å²) in [5.41, 5.74) is 0.795. The third kappa shape index (κ3) is 4.50. The van der Waals surface area contributed by atoms with Crippen molar-refractivity contribution >= 4 is 39.8 Å². The van der Waals surface area contributed by atoms with Crippen LogP contribution in [0.2, 0.25) is 0 Å². The average molecular weight is 308 g/mol. The zero-order chi connectivity index (χ0) is 14.4. The maximum atomic E-state index is 11.7. The number of carbonyl (C=O) groups is 1. The Morgan fingerprint density at radius 2 is 2.30 bits per heavy atom. The first kappa shape index (κ1) is 14.8. The van der Waals surface area contributed by atoms with Gasteiger partial charge in [0.15, 0.2) is 0 Å². The van der Waals surface area contributed by atoms with Crippen LogP contribution in [0.3, 0.4) is 0 Å². The van der Waals surface area contributed by atoms with Crippen LogP contribution in [0.15, 0.2) is 11.5 Å². The van der Waals surface area contributed by atoms with E-state index in [0.29, 0.717) is 5.13 Å². The van der Waals surface area contributed by atoms with Crippen molar-refractivity contribution in [1.29, 1.82) is 0 Å². The molecule has 0 aliphatic rings. The van der Waals surface area contributed by atoms with Crippen LogP contribution in [-0.2, 0) is 11.2 Å². The van der Waals surface area contributed by atoms with Gasteiger partial charge in [-0.2, -0.15) is 0 Å². The van der Waals surface area contributed by atoms with Crippen LogP contribution < -0.4 is 5.32 Å². The lowest BCUT2D eigenvalue weighted by molar-refractivity contribution is -0.111. The average Bonchev–Trinajstić information content (AvgIpc) is 3.03. The molecule has 7 heteroatoms. The van der Waals surface area contributed by atoms with Gasteiger partial charge in [-0.25, -0.2) is 4.98 Å². The first-order chi connectivity index (χ1) is 9.67. The minimum Gasteiger partial charge on any atom is -0.297 e. The van der Waals surface area contributed by atoms with Crippen molar-refractivity contribution in [2.45, 2.75) is 33.1 Å². The van der Waals surface area contributed by atoms with Gasteiger partial charge in [0.1, 0.15) is 5.01 Å². The molecule has 0 spiro atoms. The molecule has 2 aromatic heterocycles. The van der Waals surface area contributed by atoms with Crippen molar-refractivity contribution in [2.24, 2.45) is 0 Å². The van der Waals surface area contributed by atoms with Crippen molar-refractivity contribution in [3.05, 3.63) is 27.2 Å². The molecular formula is C13H16N4OS2. The Morgan fingerprint density at radius 3 is 3.00 bits per heavy atom. The number of unbranched alkanes of at least 4 members (excludes halogenated alkanes) is 1. The van der Waals surface area contributed by atoms with E-state index in [2.05, 4.69) is 27.4 Å². The first-order valence-electron chi connectivity index (χ1n) is 6.41. The molecule has 2 rings (SSSR count). The molecule has 0 saturated carbocycles. The summed E-state index contributed by atoms with van der Waals surface area (Å²) in [6.45, 7) is 4.07. The largest absolute Gasteiger partial charge is 0.297 e. The smallest absolute Gasteiger partial charge is 0.250 e. The SMILES string of the molecule is CCCCc1nnc(NC(=O)/C=C/c2csc(C)n2)s1. The Morgan fingerprint density at radius 1 is 1.45 bits per heavy atom. The van der Waals surface area contributed by atoms with Gasteiger partial charge >= 0.3 is 0 Å². The molecule has 20 heavy (non-hydrogen) atoms. The molecule has 0 aliphatic carbocycles. The lowest BCUT2D eigenvalue weighted by atomic mass is 10.3. The van der Waals surface area contributed by atoms with Crippen molar-refractivity contribution < 1.29 is 4.79 Å². The molecular weight excluding hydrogens is 292 g/mol. The summed E-state index contributed by atoms with van der Waals surface area (Å²) in [5.74, 6) is -0.214. The van der Waals surface area contributed by atoms with Crippen LogP contribution in [0.4, 0.5) is 5.13 Å². The summed E-state index contributed by atoms with van der Waals surface area (Å²) < 4.78 is 0. The van der Waals surface area contributed by atoms with Crippen LogP contribution >= 0.6 is 22.7 Å². The van der Waals surface area contributed by atoms with E-state index in [1.165, 1.54) is 17.4 Å². The molecule has 1 amide bonds. The number of aromatic nitrogens is 3. The number of nitrogens with zero attached hydrogens (tertiary/aromatic N) is 3. The molecule has 0 aliphatic heterocycles. The molecule has 106 valence electrons. The molecule has 0 unspecified atom stereocenters. The highest BCUT2D eigenvalue weighted by molar-refractivity contribution is 7.15. The van der Waals surface area contributed by atoms with E-state index in [1.807, 2.05) is 12.3 Å². The predicted octanol–water partition coefficient (Wildman–Crippen LogP) is 3.30. The summed E-state index contributed by atoms with van der Waals surface area (Å²) in [4.78, 5) is 16.0. The van der Waals surface area contributed by atoms with Gasteiger partial charge in [0.05, 0.1) is 10.7 Å². The second-order valence-corrected chi connectivity index (χ2v) is 6.34. The number of aryl methyl sites for hydroxylation is 2. The number of thiazole rings is 1. The predicted molar refractivity (Wildman–Crippen MR) is 83.0 cm³/mol. The fourth-order valence-corrected chi connectivity index (χ4v) is 2.86. The zero-order valence-corrected chi connectivity index (χ0v) is 13.1. The molecule has 1 N–H and O–H groups in total. The number of amides is 1. The van der Waals surface area contributed by atoms with Crippen molar-refractivity contribution in [1.82, 2.24) is 15.2 Å². The van der Waals surface area contributed by atoms with E-state index in [9.17, 15) is 4.79 Å². The second kappa shape index (κ2) is 7.25. The molecule has 0 fully saturated rings. The van der Waals surface area contributed by atoms with E-state index in [4.69, 9.17) is 0 Å². The Hall–Kier alpha value is -1.60. The maximum absolute atomic E-state index is 11.7. The Labute approximate surface area is 125 Å². The second-order valence-electron chi connectivity index (χ2n) is 4.22. The molecule has 0 radical (unpaired) electrons. The molecule has 0 bridgehead atoms. The normalized spacial score (nSPS) is 11.1. The number of nitrogens with one attached hydrogen (secondary N) is 1. The molecule has 0 saturated heterocycles. The molecule has 0 atom stereocenters. The summed E-state index contributed by atoms with van der Waals surface area (Å²) in [6, 6.07) is 0. The van der Waals surface area contributed by atoms with Crippen molar-refractivity contribution in [2.75, 3.05) is 5.32 Å². The van der Waals surface area contributed by atoms with Gasteiger partial charge in [0, 0.05) is 17.9 Å². The fourth-order valence-electron chi connectivity index (χ4n) is 1.50. The van der Waals surface area contributed by atoms with Crippen LogP contribution in [0.1, 0.15) is 35.5 Å². The van der Waals surface area contributed by atoms with Crippen LogP contribution in [-0.4, -0.2) is 21.1 Å². The molecule has 5 nitrogen and oxygen atoms in total. The van der Waals surface area contributed by atoms with E-state index in [1.54, 1.807) is 17.4 Å². The van der Waals surface area contributed by atoms with Gasteiger partial charge in [-0.05, 0) is 19.4 Å². The summed E-state index contributed by atoms with van der Waals surface area (Å²) in [7, 11) is 0.